The van der Waals surface area contributed by atoms with Gasteiger partial charge >= 0.3 is 23.9 Å². The van der Waals surface area contributed by atoms with Crippen molar-refractivity contribution >= 4 is 23.9 Å². The molecule has 2 saturated heterocycles. The molecular formula is C45H76O10. The van der Waals surface area contributed by atoms with Gasteiger partial charge in [-0.15, -0.1) is 0 Å². The lowest BCUT2D eigenvalue weighted by atomic mass is 9.79. The standard InChI is InChI=1S/C45H76O10/c1-3-5-7-9-14-18-22-26-50-42(46)34-30-38-40(54-38)32-36(34)44(48)52-28-24-20-16-12-11-13-17-21-25-29-53-45(49)37-33-41-39(55-41)31-35(37)43(47)51-27-23-19-15-10-8-6-4-2/h34-41H,3-33H2,1-2H3. The highest BCUT2D eigenvalue weighted by atomic mass is 16.6. The number of ether oxygens (including phenoxy) is 6. The summed E-state index contributed by atoms with van der Waals surface area (Å²) in [7, 11) is 0. The molecule has 316 valence electrons. The van der Waals surface area contributed by atoms with E-state index in [-0.39, 0.29) is 48.3 Å². The summed E-state index contributed by atoms with van der Waals surface area (Å²) in [6.07, 6.45) is 28.1. The molecule has 2 aliphatic carbocycles. The number of rotatable bonds is 32. The van der Waals surface area contributed by atoms with Gasteiger partial charge in [-0.05, 0) is 51.4 Å². The Balaban J connectivity index is 0.962. The van der Waals surface area contributed by atoms with E-state index in [0.717, 1.165) is 83.5 Å². The lowest BCUT2D eigenvalue weighted by Gasteiger charge is -2.26. The molecule has 2 saturated carbocycles. The summed E-state index contributed by atoms with van der Waals surface area (Å²) in [5.41, 5.74) is 0. The molecule has 4 fully saturated rings. The Morgan fingerprint density at radius 2 is 0.545 bits per heavy atom. The molecule has 4 aliphatic rings. The Labute approximate surface area is 332 Å². The molecule has 0 bridgehead atoms. The fraction of sp³-hybridized carbons (Fsp3) is 0.911. The second-order valence-electron chi connectivity index (χ2n) is 16.9. The molecule has 0 aromatic rings. The number of fused-ring (bicyclic) bond motifs is 2. The molecular weight excluding hydrogens is 700 g/mol. The molecule has 55 heavy (non-hydrogen) atoms. The van der Waals surface area contributed by atoms with Gasteiger partial charge in [0.2, 0.25) is 0 Å². The maximum absolute atomic E-state index is 13.0. The van der Waals surface area contributed by atoms with Crippen LogP contribution in [0.25, 0.3) is 0 Å². The molecule has 2 aliphatic heterocycles. The summed E-state index contributed by atoms with van der Waals surface area (Å²) in [4.78, 5) is 51.8. The molecule has 0 aromatic heterocycles. The lowest BCUT2D eigenvalue weighted by molar-refractivity contribution is -0.162. The molecule has 0 radical (unpaired) electrons. The zero-order valence-corrected chi connectivity index (χ0v) is 34.6. The Hall–Kier alpha value is -2.20. The fourth-order valence-corrected chi connectivity index (χ4v) is 8.57. The first-order valence-electron chi connectivity index (χ1n) is 22.9. The van der Waals surface area contributed by atoms with E-state index in [1.807, 2.05) is 0 Å². The van der Waals surface area contributed by atoms with E-state index in [1.54, 1.807) is 0 Å². The van der Waals surface area contributed by atoms with Crippen LogP contribution in [0.5, 0.6) is 0 Å². The SMILES string of the molecule is CCCCCCCCCOC(=O)C1CC2OC2CC1C(=O)OCCCCCCCCCCCOC(=O)C1CC2OC2CC1C(=O)OCCCCCCCCC. The average molecular weight is 777 g/mol. The number of carbonyl (C=O) groups excluding carboxylic acids is 4. The third-order valence-corrected chi connectivity index (χ3v) is 12.3. The van der Waals surface area contributed by atoms with Crippen LogP contribution in [0.15, 0.2) is 0 Å². The van der Waals surface area contributed by atoms with E-state index in [0.29, 0.717) is 52.1 Å². The van der Waals surface area contributed by atoms with Crippen molar-refractivity contribution in [2.45, 2.75) is 212 Å². The average Bonchev–Trinajstić information content (AvgIpc) is 4.12. The second kappa shape index (κ2) is 26.7. The predicted octanol–water partition coefficient (Wildman–Crippen LogP) is 9.76. The van der Waals surface area contributed by atoms with E-state index < -0.39 is 23.7 Å². The van der Waals surface area contributed by atoms with Gasteiger partial charge in [-0.25, -0.2) is 0 Å². The van der Waals surface area contributed by atoms with Crippen molar-refractivity contribution in [2.24, 2.45) is 23.7 Å². The van der Waals surface area contributed by atoms with Gasteiger partial charge in [0.25, 0.3) is 0 Å². The minimum Gasteiger partial charge on any atom is -0.465 e. The van der Waals surface area contributed by atoms with Crippen molar-refractivity contribution < 1.29 is 47.6 Å². The predicted molar refractivity (Wildman–Crippen MR) is 211 cm³/mol. The molecule has 8 atom stereocenters. The van der Waals surface area contributed by atoms with Crippen molar-refractivity contribution in [1.29, 1.82) is 0 Å². The minimum absolute atomic E-state index is 0.0801. The summed E-state index contributed by atoms with van der Waals surface area (Å²) in [5.74, 6) is -2.95. The number of carbonyl (C=O) groups is 4. The second-order valence-corrected chi connectivity index (χ2v) is 16.9. The van der Waals surface area contributed by atoms with Gasteiger partial charge in [-0.1, -0.05) is 136 Å². The highest BCUT2D eigenvalue weighted by molar-refractivity contribution is 5.83. The van der Waals surface area contributed by atoms with Crippen LogP contribution in [-0.2, 0) is 47.6 Å². The first-order valence-corrected chi connectivity index (χ1v) is 22.9. The van der Waals surface area contributed by atoms with Crippen molar-refractivity contribution in [3.8, 4) is 0 Å². The summed E-state index contributed by atoms with van der Waals surface area (Å²) < 4.78 is 33.8. The molecule has 0 spiro atoms. The number of hydrogen-bond acceptors (Lipinski definition) is 10. The van der Waals surface area contributed by atoms with Crippen molar-refractivity contribution in [1.82, 2.24) is 0 Å². The van der Waals surface area contributed by atoms with E-state index in [2.05, 4.69) is 13.8 Å². The maximum Gasteiger partial charge on any atom is 0.309 e. The van der Waals surface area contributed by atoms with Gasteiger partial charge < -0.3 is 28.4 Å². The van der Waals surface area contributed by atoms with Crippen LogP contribution in [-0.4, -0.2) is 74.7 Å². The van der Waals surface area contributed by atoms with Gasteiger partial charge in [0.05, 0.1) is 74.5 Å². The molecule has 2 heterocycles. The Morgan fingerprint density at radius 3 is 0.764 bits per heavy atom. The number of epoxide rings is 2. The zero-order valence-electron chi connectivity index (χ0n) is 34.6. The van der Waals surface area contributed by atoms with Crippen LogP contribution in [0.2, 0.25) is 0 Å². The molecule has 4 rings (SSSR count). The normalized spacial score (nSPS) is 26.4. The van der Waals surface area contributed by atoms with Gasteiger partial charge in [-0.2, -0.15) is 0 Å². The van der Waals surface area contributed by atoms with Crippen molar-refractivity contribution in [3.05, 3.63) is 0 Å². The molecule has 10 heteroatoms. The minimum atomic E-state index is -0.466. The van der Waals surface area contributed by atoms with Crippen LogP contribution >= 0.6 is 0 Å². The molecule has 8 unspecified atom stereocenters. The number of esters is 4. The molecule has 0 amide bonds. The number of hydrogen-bond donors (Lipinski definition) is 0. The van der Waals surface area contributed by atoms with Crippen molar-refractivity contribution in [2.75, 3.05) is 26.4 Å². The summed E-state index contributed by atoms with van der Waals surface area (Å²) >= 11 is 0. The van der Waals surface area contributed by atoms with E-state index >= 15 is 0 Å². The van der Waals surface area contributed by atoms with Crippen LogP contribution in [0, 0.1) is 23.7 Å². The fourth-order valence-electron chi connectivity index (χ4n) is 8.57. The van der Waals surface area contributed by atoms with Gasteiger partial charge in [0.1, 0.15) is 0 Å². The quantitative estimate of drug-likeness (QED) is 0.0282. The summed E-state index contributed by atoms with van der Waals surface area (Å²) in [6, 6.07) is 0. The van der Waals surface area contributed by atoms with Gasteiger partial charge in [-0.3, -0.25) is 19.2 Å². The Morgan fingerprint density at radius 1 is 0.345 bits per heavy atom. The van der Waals surface area contributed by atoms with Gasteiger partial charge in [0.15, 0.2) is 0 Å². The van der Waals surface area contributed by atoms with Crippen molar-refractivity contribution in [3.63, 3.8) is 0 Å². The summed E-state index contributed by atoms with van der Waals surface area (Å²) in [5, 5.41) is 0. The van der Waals surface area contributed by atoms with E-state index in [4.69, 9.17) is 28.4 Å². The Kier molecular flexibility index (Phi) is 22.1. The topological polar surface area (TPSA) is 130 Å². The monoisotopic (exact) mass is 777 g/mol. The lowest BCUT2D eigenvalue weighted by Crippen LogP contribution is -2.37. The highest BCUT2D eigenvalue weighted by Crippen LogP contribution is 2.45. The maximum atomic E-state index is 13.0. The third kappa shape index (κ3) is 17.5. The molecule has 0 aromatic carbocycles. The van der Waals surface area contributed by atoms with Gasteiger partial charge in [0, 0.05) is 0 Å². The third-order valence-electron chi connectivity index (χ3n) is 12.3. The first kappa shape index (κ1) is 45.5. The molecule has 0 N–H and O–H groups in total. The van der Waals surface area contributed by atoms with Crippen LogP contribution in [0.4, 0.5) is 0 Å². The van der Waals surface area contributed by atoms with E-state index in [1.165, 1.54) is 64.2 Å². The van der Waals surface area contributed by atoms with Crippen LogP contribution < -0.4 is 0 Å². The first-order chi connectivity index (χ1) is 26.9. The van der Waals surface area contributed by atoms with Crippen LogP contribution in [0.3, 0.4) is 0 Å². The van der Waals surface area contributed by atoms with E-state index in [9.17, 15) is 19.2 Å². The Bertz CT molecular complexity index is 1030. The largest absolute Gasteiger partial charge is 0.465 e. The zero-order chi connectivity index (χ0) is 39.1. The molecule has 10 nitrogen and oxygen atoms in total. The number of unbranched alkanes of at least 4 members (excludes halogenated alkanes) is 20. The van der Waals surface area contributed by atoms with Crippen LogP contribution in [0.1, 0.15) is 187 Å². The highest BCUT2D eigenvalue weighted by Gasteiger charge is 2.54. The summed E-state index contributed by atoms with van der Waals surface area (Å²) in [6.45, 7) is 6.05. The smallest absolute Gasteiger partial charge is 0.309 e.